The van der Waals surface area contributed by atoms with Crippen LogP contribution in [0.4, 0.5) is 0 Å². The third-order valence-electron chi connectivity index (χ3n) is 7.21. The molecule has 0 spiro atoms. The highest BCUT2D eigenvalue weighted by molar-refractivity contribution is 6.30. The van der Waals surface area contributed by atoms with Crippen molar-refractivity contribution in [1.82, 2.24) is 0 Å². The number of aliphatic hydroxyl groups is 3. The Kier molecular flexibility index (Phi) is 5.71. The molecular weight excluding hydrogens is 458 g/mol. The van der Waals surface area contributed by atoms with Gasteiger partial charge in [-0.05, 0) is 6.92 Å². The van der Waals surface area contributed by atoms with Crippen molar-refractivity contribution in [3.8, 4) is 11.5 Å². The minimum Gasteiger partial charge on any atom is -0.507 e. The number of phenolic OH excluding ortho intramolecular Hbond substituents is 2. The fraction of sp³-hybridized carbons (Fsp3) is 0.440. The molecule has 0 amide bonds. The molecule has 2 aliphatic carbocycles. The summed E-state index contributed by atoms with van der Waals surface area (Å²) in [7, 11) is 0. The number of fused-ring (bicyclic) bond motifs is 3. The second kappa shape index (κ2) is 8.37. The summed E-state index contributed by atoms with van der Waals surface area (Å²) in [5.74, 6) is -2.34. The van der Waals surface area contributed by atoms with E-state index in [0.717, 1.165) is 0 Å². The third kappa shape index (κ3) is 3.65. The molecule has 1 aliphatic heterocycles. The van der Waals surface area contributed by atoms with Crippen molar-refractivity contribution in [2.75, 3.05) is 6.61 Å². The van der Waals surface area contributed by atoms with Crippen molar-refractivity contribution in [3.63, 3.8) is 0 Å². The van der Waals surface area contributed by atoms with Gasteiger partial charge in [-0.15, -0.1) is 0 Å². The lowest BCUT2D eigenvalue weighted by Gasteiger charge is -2.42. The molecule has 1 fully saturated rings. The van der Waals surface area contributed by atoms with E-state index in [0.29, 0.717) is 0 Å². The maximum atomic E-state index is 13.3. The number of carbonyl (C=O) groups is 2. The molecule has 0 aromatic heterocycles. The van der Waals surface area contributed by atoms with Gasteiger partial charge in [0.25, 0.3) is 0 Å². The topological polar surface area (TPSA) is 180 Å². The normalized spacial score (nSPS) is 32.1. The van der Waals surface area contributed by atoms with Gasteiger partial charge in [-0.1, -0.05) is 24.3 Å². The van der Waals surface area contributed by atoms with Crippen LogP contribution in [0.15, 0.2) is 24.3 Å². The van der Waals surface area contributed by atoms with Crippen molar-refractivity contribution in [2.24, 2.45) is 5.73 Å². The first-order valence-electron chi connectivity index (χ1n) is 11.4. The molecule has 10 nitrogen and oxygen atoms in total. The van der Waals surface area contributed by atoms with E-state index >= 15 is 0 Å². The predicted octanol–water partition coefficient (Wildman–Crippen LogP) is 0.424. The van der Waals surface area contributed by atoms with Crippen LogP contribution in [0.25, 0.3) is 0 Å². The van der Waals surface area contributed by atoms with Gasteiger partial charge in [0.1, 0.15) is 11.5 Å². The molecule has 186 valence electrons. The van der Waals surface area contributed by atoms with Gasteiger partial charge >= 0.3 is 0 Å². The molecule has 10 heteroatoms. The second-order valence-electron chi connectivity index (χ2n) is 9.59. The van der Waals surface area contributed by atoms with Gasteiger partial charge in [-0.25, -0.2) is 0 Å². The number of ether oxygens (including phenoxy) is 2. The highest BCUT2D eigenvalue weighted by Crippen LogP contribution is 2.51. The zero-order chi connectivity index (χ0) is 25.2. The van der Waals surface area contributed by atoms with E-state index in [1.54, 1.807) is 19.1 Å². The van der Waals surface area contributed by atoms with Crippen LogP contribution in [0.5, 0.6) is 11.5 Å². The number of aliphatic hydroxyl groups excluding tert-OH is 2. The molecule has 0 unspecified atom stereocenters. The molecule has 1 saturated heterocycles. The average molecular weight is 485 g/mol. The van der Waals surface area contributed by atoms with E-state index in [-0.39, 0.29) is 52.6 Å². The summed E-state index contributed by atoms with van der Waals surface area (Å²) in [5, 5.41) is 53.4. The van der Waals surface area contributed by atoms with E-state index in [1.807, 2.05) is 0 Å². The van der Waals surface area contributed by atoms with Gasteiger partial charge in [0.05, 0.1) is 41.6 Å². The molecule has 5 rings (SSSR count). The van der Waals surface area contributed by atoms with Gasteiger partial charge in [0.15, 0.2) is 17.9 Å². The van der Waals surface area contributed by atoms with E-state index in [9.17, 15) is 35.1 Å². The number of hydrogen-bond acceptors (Lipinski definition) is 10. The Morgan fingerprint density at radius 2 is 1.71 bits per heavy atom. The second-order valence-corrected chi connectivity index (χ2v) is 9.59. The minimum absolute atomic E-state index is 0.00257. The average Bonchev–Trinajstić information content (AvgIpc) is 2.83. The number of benzene rings is 2. The molecule has 0 saturated carbocycles. The monoisotopic (exact) mass is 485 g/mol. The molecule has 0 bridgehead atoms. The smallest absolute Gasteiger partial charge is 0.198 e. The zero-order valence-corrected chi connectivity index (χ0v) is 19.0. The number of ketones is 2. The Hall–Kier alpha value is -2.86. The van der Waals surface area contributed by atoms with Crippen LogP contribution in [-0.4, -0.2) is 73.8 Å². The summed E-state index contributed by atoms with van der Waals surface area (Å²) in [4.78, 5) is 26.5. The van der Waals surface area contributed by atoms with E-state index in [1.165, 1.54) is 12.1 Å². The number of nitrogens with two attached hydrogens (primary N) is 1. The number of carbonyl (C=O) groups excluding carboxylic acids is 2. The quantitative estimate of drug-likeness (QED) is 0.285. The lowest BCUT2D eigenvalue weighted by atomic mass is 9.73. The van der Waals surface area contributed by atoms with E-state index < -0.39 is 65.9 Å². The molecule has 35 heavy (non-hydrogen) atoms. The maximum Gasteiger partial charge on any atom is 0.198 e. The number of rotatable bonds is 3. The Bertz CT molecular complexity index is 1220. The van der Waals surface area contributed by atoms with Crippen molar-refractivity contribution < 1.29 is 44.6 Å². The van der Waals surface area contributed by atoms with Crippen molar-refractivity contribution in [1.29, 1.82) is 0 Å². The molecule has 1 heterocycles. The van der Waals surface area contributed by atoms with E-state index in [4.69, 9.17) is 15.2 Å². The fourth-order valence-corrected chi connectivity index (χ4v) is 5.35. The Balaban J connectivity index is 1.64. The van der Waals surface area contributed by atoms with Crippen molar-refractivity contribution >= 4 is 11.6 Å². The zero-order valence-electron chi connectivity index (χ0n) is 19.0. The highest BCUT2D eigenvalue weighted by atomic mass is 16.7. The van der Waals surface area contributed by atoms with Crippen LogP contribution in [0.3, 0.4) is 0 Å². The first-order chi connectivity index (χ1) is 16.6. The predicted molar refractivity (Wildman–Crippen MR) is 120 cm³/mol. The molecular formula is C25H27NO9. The summed E-state index contributed by atoms with van der Waals surface area (Å²) in [6.45, 7) is 0.944. The first-order valence-corrected chi connectivity index (χ1v) is 11.4. The highest BCUT2D eigenvalue weighted by Gasteiger charge is 2.47. The Morgan fingerprint density at radius 1 is 1.11 bits per heavy atom. The van der Waals surface area contributed by atoms with Crippen LogP contribution >= 0.6 is 0 Å². The molecule has 0 radical (unpaired) electrons. The van der Waals surface area contributed by atoms with Gasteiger partial charge in [-0.3, -0.25) is 9.59 Å². The SMILES string of the molecule is C[C@@H]1O[C@@H](O[C@H]2C[C@](O)(CO)Cc3c(O)c4c(c(O)c32)C(=O)c2ccccc2C4=O)C[C@H](N)[C@@H]1O. The first kappa shape index (κ1) is 23.9. The minimum atomic E-state index is -1.74. The van der Waals surface area contributed by atoms with Gasteiger partial charge in [0.2, 0.25) is 0 Å². The summed E-state index contributed by atoms with van der Waals surface area (Å²) in [6.07, 6.45) is -3.97. The number of hydrogen-bond donors (Lipinski definition) is 6. The van der Waals surface area contributed by atoms with Crippen LogP contribution in [0.2, 0.25) is 0 Å². The van der Waals surface area contributed by atoms with Crippen LogP contribution < -0.4 is 5.73 Å². The van der Waals surface area contributed by atoms with Crippen LogP contribution in [0, 0.1) is 0 Å². The van der Waals surface area contributed by atoms with Crippen molar-refractivity contribution in [2.45, 2.75) is 62.4 Å². The van der Waals surface area contributed by atoms with Crippen molar-refractivity contribution in [3.05, 3.63) is 57.6 Å². The molecule has 6 atom stereocenters. The lowest BCUT2D eigenvalue weighted by Crippen LogP contribution is -2.52. The van der Waals surface area contributed by atoms with Gasteiger partial charge < -0.3 is 40.7 Å². The molecule has 7 N–H and O–H groups in total. The summed E-state index contributed by atoms with van der Waals surface area (Å²) in [6, 6.07) is 5.47. The molecule has 2 aromatic rings. The van der Waals surface area contributed by atoms with Gasteiger partial charge in [-0.2, -0.15) is 0 Å². The lowest BCUT2D eigenvalue weighted by molar-refractivity contribution is -0.248. The summed E-state index contributed by atoms with van der Waals surface area (Å²) in [5.41, 5.74) is 3.81. The maximum absolute atomic E-state index is 13.3. The molecule has 3 aliphatic rings. The molecule has 2 aromatic carbocycles. The van der Waals surface area contributed by atoms with Crippen LogP contribution in [0.1, 0.15) is 68.8 Å². The number of aromatic hydroxyl groups is 2. The Morgan fingerprint density at radius 3 is 2.29 bits per heavy atom. The summed E-state index contributed by atoms with van der Waals surface area (Å²) >= 11 is 0. The standard InChI is InChI=1S/C25H27NO9/c1-10-20(28)14(26)6-16(34-10)35-15-8-25(33,9-27)7-13-17(15)24(32)19-18(23(13)31)21(29)11-4-2-3-5-12(11)22(19)30/h2-5,10,14-16,20,27-28,31-33H,6-9,26H2,1H3/t10-,14-,15-,16-,20+,25-/m0/s1. The number of phenols is 2. The Labute approximate surface area is 200 Å². The fourth-order valence-electron chi connectivity index (χ4n) is 5.35. The largest absolute Gasteiger partial charge is 0.507 e. The van der Waals surface area contributed by atoms with Gasteiger partial charge in [0, 0.05) is 47.6 Å². The van der Waals surface area contributed by atoms with E-state index in [2.05, 4.69) is 0 Å². The van der Waals surface area contributed by atoms with Crippen LogP contribution in [-0.2, 0) is 15.9 Å². The third-order valence-corrected chi connectivity index (χ3v) is 7.21. The summed E-state index contributed by atoms with van der Waals surface area (Å²) < 4.78 is 11.7.